The highest BCUT2D eigenvalue weighted by Gasteiger charge is 2.56. The van der Waals surface area contributed by atoms with Gasteiger partial charge < -0.3 is 17.3 Å². The first kappa shape index (κ1) is 16.7. The Balaban J connectivity index is 0.00000146. The standard InChI is InChI=1S/C21H31N2.ClH/c1-2-4-8-22(7-3-1)20-5-9-23(10-6-20)21-14-17-11-18(15-21)13-19(12-17)16-21;/h5-6,9-10,17-19H,1-4,7-8,11-16H2;1H/q+1;/p-1. The summed E-state index contributed by atoms with van der Waals surface area (Å²) in [6.45, 7) is 2.50. The molecule has 1 aromatic rings. The molecule has 5 aliphatic rings. The van der Waals surface area contributed by atoms with Crippen molar-refractivity contribution in [2.45, 2.75) is 69.7 Å². The van der Waals surface area contributed by atoms with E-state index in [4.69, 9.17) is 0 Å². The second-order valence-corrected chi connectivity index (χ2v) is 9.01. The minimum Gasteiger partial charge on any atom is -1.00 e. The summed E-state index contributed by atoms with van der Waals surface area (Å²) >= 11 is 0. The quantitative estimate of drug-likeness (QED) is 0.732. The van der Waals surface area contributed by atoms with Gasteiger partial charge in [-0.25, -0.2) is 0 Å². The Labute approximate surface area is 153 Å². The minimum absolute atomic E-state index is 0. The highest BCUT2D eigenvalue weighted by Crippen LogP contribution is 2.56. The Hall–Kier alpha value is -0.760. The van der Waals surface area contributed by atoms with Crippen molar-refractivity contribution in [1.29, 1.82) is 0 Å². The van der Waals surface area contributed by atoms with Gasteiger partial charge in [0.1, 0.15) is 0 Å². The minimum atomic E-state index is 0. The van der Waals surface area contributed by atoms with Gasteiger partial charge in [-0.15, -0.1) is 0 Å². The number of pyridine rings is 1. The summed E-state index contributed by atoms with van der Waals surface area (Å²) in [4.78, 5) is 2.61. The lowest BCUT2D eigenvalue weighted by Crippen LogP contribution is -3.00. The van der Waals surface area contributed by atoms with Gasteiger partial charge in [0.25, 0.3) is 0 Å². The summed E-state index contributed by atoms with van der Waals surface area (Å²) in [6.07, 6.45) is 19.4. The second-order valence-electron chi connectivity index (χ2n) is 9.01. The molecule has 6 rings (SSSR count). The zero-order chi connectivity index (χ0) is 15.3. The van der Waals surface area contributed by atoms with E-state index in [1.165, 1.54) is 83.0 Å². The van der Waals surface area contributed by atoms with Gasteiger partial charge in [-0.1, -0.05) is 12.8 Å². The fourth-order valence-corrected chi connectivity index (χ4v) is 6.66. The number of anilines is 1. The van der Waals surface area contributed by atoms with E-state index >= 15 is 0 Å². The molecule has 4 saturated carbocycles. The van der Waals surface area contributed by atoms with Crippen molar-refractivity contribution >= 4 is 5.69 Å². The lowest BCUT2D eigenvalue weighted by Gasteiger charge is -2.53. The molecule has 0 atom stereocenters. The topological polar surface area (TPSA) is 7.12 Å². The number of rotatable bonds is 2. The Bertz CT molecular complexity index is 524. The molecule has 1 aliphatic heterocycles. The normalized spacial score (nSPS) is 37.8. The third-order valence-electron chi connectivity index (χ3n) is 7.34. The highest BCUT2D eigenvalue weighted by atomic mass is 35.5. The van der Waals surface area contributed by atoms with E-state index in [0.717, 1.165) is 17.8 Å². The maximum absolute atomic E-state index is 2.62. The summed E-state index contributed by atoms with van der Waals surface area (Å²) in [5, 5.41) is 0. The number of nitrogens with zero attached hydrogens (tertiary/aromatic N) is 2. The smallest absolute Gasteiger partial charge is 0.171 e. The first-order chi connectivity index (χ1) is 11.3. The van der Waals surface area contributed by atoms with E-state index < -0.39 is 0 Å². The fourth-order valence-electron chi connectivity index (χ4n) is 6.66. The van der Waals surface area contributed by atoms with Crippen LogP contribution >= 0.6 is 0 Å². The first-order valence-electron chi connectivity index (χ1n) is 10.1. The molecule has 1 saturated heterocycles. The number of hydrogen-bond donors (Lipinski definition) is 0. The van der Waals surface area contributed by atoms with Gasteiger partial charge in [0.15, 0.2) is 17.9 Å². The monoisotopic (exact) mass is 346 g/mol. The van der Waals surface area contributed by atoms with Gasteiger partial charge >= 0.3 is 0 Å². The van der Waals surface area contributed by atoms with Crippen LogP contribution in [0.25, 0.3) is 0 Å². The maximum atomic E-state index is 2.62. The van der Waals surface area contributed by atoms with Crippen molar-refractivity contribution in [1.82, 2.24) is 0 Å². The van der Waals surface area contributed by atoms with Gasteiger partial charge in [0, 0.05) is 50.2 Å². The zero-order valence-corrected chi connectivity index (χ0v) is 15.6. The molecule has 2 heterocycles. The number of aromatic nitrogens is 1. The summed E-state index contributed by atoms with van der Waals surface area (Å²) in [7, 11) is 0. The van der Waals surface area contributed by atoms with Crippen molar-refractivity contribution in [3.63, 3.8) is 0 Å². The molecule has 0 spiro atoms. The molecule has 4 bridgehead atoms. The summed E-state index contributed by atoms with van der Waals surface area (Å²) in [6, 6.07) is 4.81. The molecule has 0 aromatic carbocycles. The summed E-state index contributed by atoms with van der Waals surface area (Å²) in [5.74, 6) is 3.08. The van der Waals surface area contributed by atoms with Crippen molar-refractivity contribution in [3.05, 3.63) is 24.5 Å². The molecule has 0 amide bonds. The second kappa shape index (κ2) is 6.52. The summed E-state index contributed by atoms with van der Waals surface area (Å²) in [5.41, 5.74) is 1.93. The van der Waals surface area contributed by atoms with E-state index in [0.29, 0.717) is 5.54 Å². The van der Waals surface area contributed by atoms with Gasteiger partial charge in [-0.2, -0.15) is 4.57 Å². The molecule has 0 N–H and O–H groups in total. The maximum Gasteiger partial charge on any atom is 0.171 e. The van der Waals surface area contributed by atoms with Crippen molar-refractivity contribution in [3.8, 4) is 0 Å². The van der Waals surface area contributed by atoms with Crippen LogP contribution in [0.15, 0.2) is 24.5 Å². The van der Waals surface area contributed by atoms with E-state index in [2.05, 4.69) is 34.0 Å². The van der Waals surface area contributed by atoms with Crippen molar-refractivity contribution in [2.75, 3.05) is 18.0 Å². The van der Waals surface area contributed by atoms with E-state index in [1.807, 2.05) is 0 Å². The Morgan fingerprint density at radius 2 is 1.29 bits per heavy atom. The molecule has 132 valence electrons. The van der Waals surface area contributed by atoms with Crippen LogP contribution in [0.4, 0.5) is 5.69 Å². The third-order valence-corrected chi connectivity index (χ3v) is 7.34. The molecule has 3 heteroatoms. The fraction of sp³-hybridized carbons (Fsp3) is 0.762. The Morgan fingerprint density at radius 3 is 1.79 bits per heavy atom. The molecule has 24 heavy (non-hydrogen) atoms. The van der Waals surface area contributed by atoms with E-state index in [1.54, 1.807) is 0 Å². The van der Waals surface area contributed by atoms with Crippen molar-refractivity contribution in [2.24, 2.45) is 17.8 Å². The van der Waals surface area contributed by atoms with Crippen molar-refractivity contribution < 1.29 is 17.0 Å². The predicted molar refractivity (Wildman–Crippen MR) is 93.5 cm³/mol. The molecular formula is C21H31ClN2. The largest absolute Gasteiger partial charge is 1.00 e. The van der Waals surface area contributed by atoms with Gasteiger partial charge in [0.2, 0.25) is 0 Å². The number of hydrogen-bond acceptors (Lipinski definition) is 1. The molecular weight excluding hydrogens is 316 g/mol. The Kier molecular flexibility index (Phi) is 4.53. The average Bonchev–Trinajstić information content (AvgIpc) is 2.83. The molecule has 5 fully saturated rings. The average molecular weight is 347 g/mol. The summed E-state index contributed by atoms with van der Waals surface area (Å²) < 4.78 is 2.62. The van der Waals surface area contributed by atoms with Crippen LogP contribution in [0, 0.1) is 17.8 Å². The van der Waals surface area contributed by atoms with Crippen LogP contribution in [0.1, 0.15) is 64.2 Å². The zero-order valence-electron chi connectivity index (χ0n) is 14.8. The van der Waals surface area contributed by atoms with Crippen LogP contribution in [0.3, 0.4) is 0 Å². The first-order valence-corrected chi connectivity index (χ1v) is 10.1. The van der Waals surface area contributed by atoms with Crippen LogP contribution in [-0.4, -0.2) is 13.1 Å². The molecule has 1 aromatic heterocycles. The Morgan fingerprint density at radius 1 is 0.792 bits per heavy atom. The SMILES string of the molecule is [Cl-].c1c[n+](C23CC4CC(CC(C4)C2)C3)ccc1N1CCCCCC1. The van der Waals surface area contributed by atoms with E-state index in [-0.39, 0.29) is 12.4 Å². The van der Waals surface area contributed by atoms with Gasteiger partial charge in [-0.3, -0.25) is 0 Å². The molecule has 4 aliphatic carbocycles. The predicted octanol–water partition coefficient (Wildman–Crippen LogP) is 1.28. The molecule has 0 radical (unpaired) electrons. The highest BCUT2D eigenvalue weighted by molar-refractivity contribution is 5.43. The molecule has 2 nitrogen and oxygen atoms in total. The van der Waals surface area contributed by atoms with E-state index in [9.17, 15) is 0 Å². The van der Waals surface area contributed by atoms with Crippen LogP contribution in [0.5, 0.6) is 0 Å². The molecule has 0 unspecified atom stereocenters. The lowest BCUT2D eigenvalue weighted by atomic mass is 9.53. The number of halogens is 1. The van der Waals surface area contributed by atoms with Crippen LogP contribution in [0.2, 0.25) is 0 Å². The van der Waals surface area contributed by atoms with Gasteiger partial charge in [0.05, 0.1) is 0 Å². The van der Waals surface area contributed by atoms with Gasteiger partial charge in [-0.05, 0) is 49.9 Å². The third kappa shape index (κ3) is 2.85. The lowest BCUT2D eigenvalue weighted by molar-refractivity contribution is -0.776. The van der Waals surface area contributed by atoms with Crippen LogP contribution in [-0.2, 0) is 5.54 Å². The van der Waals surface area contributed by atoms with Crippen LogP contribution < -0.4 is 21.9 Å².